The van der Waals surface area contributed by atoms with Crippen molar-refractivity contribution in [2.24, 2.45) is 11.3 Å². The Hall–Kier alpha value is -0.0400. The van der Waals surface area contributed by atoms with Gasteiger partial charge in [-0.05, 0) is 56.5 Å². The average molecular weight is 209 g/mol. The highest BCUT2D eigenvalue weighted by atomic mass is 15.2. The fraction of sp³-hybridized carbons (Fsp3) is 1.00. The molecule has 1 aliphatic carbocycles. The van der Waals surface area contributed by atoms with E-state index in [1.54, 1.807) is 0 Å². The van der Waals surface area contributed by atoms with Crippen LogP contribution in [-0.4, -0.2) is 24.0 Å². The van der Waals surface area contributed by atoms with Crippen LogP contribution in [0.1, 0.15) is 59.3 Å². The Kier molecular flexibility index (Phi) is 3.39. The Morgan fingerprint density at radius 2 is 1.67 bits per heavy atom. The van der Waals surface area contributed by atoms with Gasteiger partial charge in [-0.1, -0.05) is 27.2 Å². The van der Waals surface area contributed by atoms with E-state index in [2.05, 4.69) is 25.7 Å². The van der Waals surface area contributed by atoms with Gasteiger partial charge < -0.3 is 4.90 Å². The van der Waals surface area contributed by atoms with Crippen LogP contribution in [0.25, 0.3) is 0 Å². The van der Waals surface area contributed by atoms with Crippen molar-refractivity contribution in [1.82, 2.24) is 4.90 Å². The van der Waals surface area contributed by atoms with E-state index in [1.807, 2.05) is 0 Å². The molecule has 1 saturated carbocycles. The first-order chi connectivity index (χ1) is 7.09. The lowest BCUT2D eigenvalue weighted by atomic mass is 9.67. The fourth-order valence-corrected chi connectivity index (χ4v) is 3.34. The maximum Gasteiger partial charge on any atom is 0.0100 e. The second kappa shape index (κ2) is 4.45. The molecule has 2 aliphatic rings. The smallest absolute Gasteiger partial charge is 0.0100 e. The van der Waals surface area contributed by atoms with Crippen LogP contribution in [0.3, 0.4) is 0 Å². The lowest BCUT2D eigenvalue weighted by Gasteiger charge is -2.46. The highest BCUT2D eigenvalue weighted by molar-refractivity contribution is 4.89. The zero-order chi connectivity index (χ0) is 10.9. The van der Waals surface area contributed by atoms with Crippen molar-refractivity contribution >= 4 is 0 Å². The summed E-state index contributed by atoms with van der Waals surface area (Å²) in [5.74, 6) is 0.915. The summed E-state index contributed by atoms with van der Waals surface area (Å²) >= 11 is 0. The van der Waals surface area contributed by atoms with Crippen LogP contribution >= 0.6 is 0 Å². The van der Waals surface area contributed by atoms with Crippen LogP contribution in [0.4, 0.5) is 0 Å². The average Bonchev–Trinajstić information content (AvgIpc) is 2.23. The van der Waals surface area contributed by atoms with Gasteiger partial charge in [0.1, 0.15) is 0 Å². The molecule has 1 heteroatoms. The number of likely N-dealkylation sites (tertiary alicyclic amines) is 1. The third-order valence-corrected chi connectivity index (χ3v) is 4.94. The van der Waals surface area contributed by atoms with Gasteiger partial charge in [-0.2, -0.15) is 0 Å². The normalized spacial score (nSPS) is 37.8. The number of piperidine rings is 1. The van der Waals surface area contributed by atoms with Crippen molar-refractivity contribution in [3.63, 3.8) is 0 Å². The van der Waals surface area contributed by atoms with Gasteiger partial charge in [0.2, 0.25) is 0 Å². The third-order valence-electron chi connectivity index (χ3n) is 4.94. The molecule has 15 heavy (non-hydrogen) atoms. The molecule has 2 fully saturated rings. The molecule has 1 heterocycles. The van der Waals surface area contributed by atoms with Gasteiger partial charge in [0.15, 0.2) is 0 Å². The van der Waals surface area contributed by atoms with Crippen LogP contribution in [-0.2, 0) is 0 Å². The van der Waals surface area contributed by atoms with Crippen LogP contribution in [0, 0.1) is 11.3 Å². The Morgan fingerprint density at radius 3 is 2.27 bits per heavy atom. The molecular weight excluding hydrogens is 182 g/mol. The van der Waals surface area contributed by atoms with E-state index in [4.69, 9.17) is 0 Å². The van der Waals surface area contributed by atoms with E-state index < -0.39 is 0 Å². The van der Waals surface area contributed by atoms with Crippen LogP contribution in [0.15, 0.2) is 0 Å². The molecule has 1 saturated heterocycles. The minimum absolute atomic E-state index is 0.570. The van der Waals surface area contributed by atoms with E-state index >= 15 is 0 Å². The number of nitrogens with zero attached hydrogens (tertiary/aromatic N) is 1. The van der Waals surface area contributed by atoms with E-state index in [9.17, 15) is 0 Å². The second-order valence-electron chi connectivity index (χ2n) is 6.42. The van der Waals surface area contributed by atoms with E-state index in [-0.39, 0.29) is 0 Å². The molecule has 1 nitrogen and oxygen atoms in total. The summed E-state index contributed by atoms with van der Waals surface area (Å²) in [5, 5.41) is 0. The summed E-state index contributed by atoms with van der Waals surface area (Å²) in [7, 11) is 0. The van der Waals surface area contributed by atoms with Crippen molar-refractivity contribution in [3.8, 4) is 0 Å². The van der Waals surface area contributed by atoms with Gasteiger partial charge in [-0.25, -0.2) is 0 Å². The van der Waals surface area contributed by atoms with Gasteiger partial charge >= 0.3 is 0 Å². The van der Waals surface area contributed by atoms with Gasteiger partial charge in [-0.15, -0.1) is 0 Å². The van der Waals surface area contributed by atoms with E-state index in [0.717, 1.165) is 12.0 Å². The van der Waals surface area contributed by atoms with E-state index in [0.29, 0.717) is 5.41 Å². The molecule has 2 rings (SSSR count). The molecule has 2 atom stereocenters. The zero-order valence-corrected chi connectivity index (χ0v) is 10.8. The molecule has 0 aromatic rings. The Bertz CT molecular complexity index is 203. The Balaban J connectivity index is 1.93. The Morgan fingerprint density at radius 1 is 1.00 bits per heavy atom. The quantitative estimate of drug-likeness (QED) is 0.636. The van der Waals surface area contributed by atoms with Crippen molar-refractivity contribution in [1.29, 1.82) is 0 Å². The lowest BCUT2D eigenvalue weighted by molar-refractivity contribution is 0.0454. The van der Waals surface area contributed by atoms with Crippen molar-refractivity contribution in [2.45, 2.75) is 65.3 Å². The lowest BCUT2D eigenvalue weighted by Crippen LogP contribution is -2.45. The largest absolute Gasteiger partial charge is 0.300 e. The maximum absolute atomic E-state index is 2.77. The Labute approximate surface area is 95.2 Å². The molecule has 1 aliphatic heterocycles. The summed E-state index contributed by atoms with van der Waals surface area (Å²) in [6.07, 6.45) is 8.65. The molecule has 88 valence electrons. The van der Waals surface area contributed by atoms with Crippen LogP contribution in [0.2, 0.25) is 0 Å². The minimum atomic E-state index is 0.570. The molecule has 0 spiro atoms. The summed E-state index contributed by atoms with van der Waals surface area (Å²) in [6, 6.07) is 0.900. The molecule has 0 bridgehead atoms. The number of rotatable bonds is 1. The molecule has 0 aromatic carbocycles. The third kappa shape index (κ3) is 2.55. The zero-order valence-electron chi connectivity index (χ0n) is 10.8. The first-order valence-electron chi connectivity index (χ1n) is 6.83. The number of hydrogen-bond acceptors (Lipinski definition) is 1. The molecular formula is C14H27N. The summed E-state index contributed by atoms with van der Waals surface area (Å²) in [6.45, 7) is 10.1. The van der Waals surface area contributed by atoms with Gasteiger partial charge in [0, 0.05) is 6.04 Å². The van der Waals surface area contributed by atoms with Crippen molar-refractivity contribution < 1.29 is 0 Å². The predicted octanol–water partition coefficient (Wildman–Crippen LogP) is 3.69. The van der Waals surface area contributed by atoms with Crippen LogP contribution < -0.4 is 0 Å². The topological polar surface area (TPSA) is 3.24 Å². The summed E-state index contributed by atoms with van der Waals surface area (Å²) < 4.78 is 0. The minimum Gasteiger partial charge on any atom is -0.300 e. The van der Waals surface area contributed by atoms with Gasteiger partial charge in [0.25, 0.3) is 0 Å². The monoisotopic (exact) mass is 209 g/mol. The molecule has 0 aromatic heterocycles. The van der Waals surface area contributed by atoms with E-state index in [1.165, 1.54) is 51.6 Å². The van der Waals surface area contributed by atoms with Crippen molar-refractivity contribution in [3.05, 3.63) is 0 Å². The van der Waals surface area contributed by atoms with Gasteiger partial charge in [-0.3, -0.25) is 0 Å². The maximum atomic E-state index is 2.77. The number of hydrogen-bond donors (Lipinski definition) is 0. The highest BCUT2D eigenvalue weighted by Crippen LogP contribution is 2.42. The SMILES string of the molecule is C[C@@H]1CC[C@H](N2CCCCC2)CC1(C)C. The van der Waals surface area contributed by atoms with Crippen molar-refractivity contribution in [2.75, 3.05) is 13.1 Å². The molecule has 0 amide bonds. The first kappa shape index (κ1) is 11.4. The molecule has 0 N–H and O–H groups in total. The summed E-state index contributed by atoms with van der Waals surface area (Å²) in [5.41, 5.74) is 0.570. The fourth-order valence-electron chi connectivity index (χ4n) is 3.34. The van der Waals surface area contributed by atoms with Gasteiger partial charge in [0.05, 0.1) is 0 Å². The predicted molar refractivity (Wildman–Crippen MR) is 66.0 cm³/mol. The summed E-state index contributed by atoms with van der Waals surface area (Å²) in [4.78, 5) is 2.77. The molecule has 0 unspecified atom stereocenters. The second-order valence-corrected chi connectivity index (χ2v) is 6.42. The van der Waals surface area contributed by atoms with Crippen LogP contribution in [0.5, 0.6) is 0 Å². The standard InChI is InChI=1S/C14H27N/c1-12-7-8-13(11-14(12,2)3)15-9-5-4-6-10-15/h12-13H,4-11H2,1-3H3/t12-,13+/m1/s1. The molecule has 0 radical (unpaired) electrons. The highest BCUT2D eigenvalue weighted by Gasteiger charge is 2.36. The first-order valence-corrected chi connectivity index (χ1v) is 6.83.